The first kappa shape index (κ1) is 35.8. The standard InChI is InChI=1S/C18H24O.C5H10.C4H10.C3H8.C2H6.H2/c1-4-6-11-19-18-10-9-17(13-15(18)5-2)16-8-7-14(3)12-16;1-3-5-4-2;1-3-4-2;1-3-2;1-2;/h7-10,13H,4-6,11-12H2,1-3H3;3,5H,4H2,1-2H3;3-4H2,1-2H3;3H2,1-2H3;1-2H3;1H/b;5-3-;;;;. The van der Waals surface area contributed by atoms with Crippen LogP contribution < -0.4 is 4.74 Å². The maximum atomic E-state index is 5.87. The van der Waals surface area contributed by atoms with E-state index in [0.717, 1.165) is 38.0 Å². The molecule has 0 N–H and O–H groups in total. The second-order valence-corrected chi connectivity index (χ2v) is 7.94. The summed E-state index contributed by atoms with van der Waals surface area (Å²) in [7, 11) is 0. The Morgan fingerprint density at radius 3 is 1.88 bits per heavy atom. The monoisotopic (exact) mass is 460 g/mol. The Hall–Kier alpha value is -1.76. The fraction of sp³-hybridized carbons (Fsp3) is 0.625. The molecule has 0 amide bonds. The first-order valence-corrected chi connectivity index (χ1v) is 13.7. The lowest BCUT2D eigenvalue weighted by molar-refractivity contribution is 0.306. The number of rotatable bonds is 8. The van der Waals surface area contributed by atoms with Crippen molar-refractivity contribution < 1.29 is 6.16 Å². The number of allylic oxidation sites excluding steroid dienone is 6. The Labute approximate surface area is 210 Å². The van der Waals surface area contributed by atoms with Crippen LogP contribution >= 0.6 is 0 Å². The molecular weight excluding hydrogens is 400 g/mol. The van der Waals surface area contributed by atoms with Crippen LogP contribution in [-0.4, -0.2) is 6.61 Å². The van der Waals surface area contributed by atoms with Gasteiger partial charge in [0.15, 0.2) is 0 Å². The van der Waals surface area contributed by atoms with Gasteiger partial charge in [0.2, 0.25) is 0 Å². The van der Waals surface area contributed by atoms with E-state index in [4.69, 9.17) is 4.74 Å². The van der Waals surface area contributed by atoms with Crippen molar-refractivity contribution in [2.45, 2.75) is 128 Å². The maximum Gasteiger partial charge on any atom is 0.122 e. The highest BCUT2D eigenvalue weighted by atomic mass is 16.5. The Bertz CT molecular complexity index is 624. The Balaban J connectivity index is -0.000000250. The molecule has 0 saturated carbocycles. The summed E-state index contributed by atoms with van der Waals surface area (Å²) in [5.41, 5.74) is 5.52. The Kier molecular flexibility index (Phi) is 30.7. The minimum Gasteiger partial charge on any atom is -0.493 e. The average Bonchev–Trinajstić information content (AvgIpc) is 3.28. The van der Waals surface area contributed by atoms with Crippen molar-refractivity contribution in [1.29, 1.82) is 0 Å². The van der Waals surface area contributed by atoms with Crippen LogP contribution in [0.15, 0.2) is 48.1 Å². The van der Waals surface area contributed by atoms with Crippen molar-refractivity contribution in [3.05, 3.63) is 59.2 Å². The third-order valence-electron chi connectivity index (χ3n) is 4.58. The Morgan fingerprint density at radius 1 is 0.909 bits per heavy atom. The van der Waals surface area contributed by atoms with E-state index in [1.54, 1.807) is 0 Å². The molecule has 1 aliphatic carbocycles. The fourth-order valence-corrected chi connectivity index (χ4v) is 2.62. The van der Waals surface area contributed by atoms with Crippen molar-refractivity contribution in [3.63, 3.8) is 0 Å². The van der Waals surface area contributed by atoms with Gasteiger partial charge in [-0.3, -0.25) is 0 Å². The number of ether oxygens (including phenoxy) is 1. The zero-order valence-corrected chi connectivity index (χ0v) is 24.3. The van der Waals surface area contributed by atoms with Gasteiger partial charge in [-0.05, 0) is 68.4 Å². The highest BCUT2D eigenvalue weighted by molar-refractivity contribution is 5.73. The molecule has 0 heterocycles. The maximum absolute atomic E-state index is 5.87. The van der Waals surface area contributed by atoms with Crippen molar-refractivity contribution in [1.82, 2.24) is 0 Å². The average molecular weight is 461 g/mol. The first-order chi connectivity index (χ1) is 16.0. The fourth-order valence-electron chi connectivity index (χ4n) is 2.62. The molecule has 0 fully saturated rings. The van der Waals surface area contributed by atoms with E-state index in [1.807, 2.05) is 20.8 Å². The predicted octanol–water partition coefficient (Wildman–Crippen LogP) is 11.6. The minimum atomic E-state index is 0. The van der Waals surface area contributed by atoms with Gasteiger partial charge in [0, 0.05) is 1.43 Å². The van der Waals surface area contributed by atoms with E-state index in [9.17, 15) is 0 Å². The summed E-state index contributed by atoms with van der Waals surface area (Å²) >= 11 is 0. The lowest BCUT2D eigenvalue weighted by atomic mass is 9.99. The molecule has 0 atom stereocenters. The summed E-state index contributed by atoms with van der Waals surface area (Å²) in [5, 5.41) is 0. The molecule has 0 spiro atoms. The van der Waals surface area contributed by atoms with Gasteiger partial charge in [-0.1, -0.05) is 124 Å². The van der Waals surface area contributed by atoms with Gasteiger partial charge < -0.3 is 4.74 Å². The summed E-state index contributed by atoms with van der Waals surface area (Å²) in [5.74, 6) is 1.06. The van der Waals surface area contributed by atoms with E-state index < -0.39 is 0 Å². The van der Waals surface area contributed by atoms with E-state index in [1.165, 1.54) is 48.0 Å². The smallest absolute Gasteiger partial charge is 0.122 e. The molecule has 0 bridgehead atoms. The minimum absolute atomic E-state index is 0. The molecule has 0 aliphatic heterocycles. The zero-order valence-electron chi connectivity index (χ0n) is 24.3. The van der Waals surface area contributed by atoms with Crippen molar-refractivity contribution >= 4 is 5.57 Å². The summed E-state index contributed by atoms with van der Waals surface area (Å²) in [6, 6.07) is 6.62. The SMILES string of the molecule is C/C=C\CC.CC.CCC.CCCC.CCCCOc1ccc(C2=CC=C(C)C2)cc1CC.[HH]. The molecule has 0 saturated heterocycles. The highest BCUT2D eigenvalue weighted by Gasteiger charge is 2.10. The van der Waals surface area contributed by atoms with E-state index in [0.29, 0.717) is 0 Å². The summed E-state index contributed by atoms with van der Waals surface area (Å²) in [6.45, 7) is 24.2. The van der Waals surface area contributed by atoms with Crippen LogP contribution in [0.3, 0.4) is 0 Å². The first-order valence-electron chi connectivity index (χ1n) is 13.7. The zero-order chi connectivity index (χ0) is 25.9. The summed E-state index contributed by atoms with van der Waals surface area (Å²) < 4.78 is 5.87. The molecule has 1 nitrogen and oxygen atoms in total. The molecule has 0 aromatic heterocycles. The second kappa shape index (κ2) is 28.3. The van der Waals surface area contributed by atoms with Crippen LogP contribution in [0.2, 0.25) is 0 Å². The molecule has 1 aliphatic rings. The number of aryl methyl sites for hydroxylation is 1. The molecule has 0 radical (unpaired) electrons. The van der Waals surface area contributed by atoms with Crippen LogP contribution in [0.5, 0.6) is 5.75 Å². The summed E-state index contributed by atoms with van der Waals surface area (Å²) in [4.78, 5) is 0. The lowest BCUT2D eigenvalue weighted by Crippen LogP contribution is -2.00. The predicted molar refractivity (Wildman–Crippen MR) is 158 cm³/mol. The molecule has 1 aromatic carbocycles. The molecule has 194 valence electrons. The number of hydrogen-bond acceptors (Lipinski definition) is 1. The molecule has 2 rings (SSSR count). The van der Waals surface area contributed by atoms with Crippen LogP contribution in [0, 0.1) is 0 Å². The van der Waals surface area contributed by atoms with Gasteiger partial charge in [-0.25, -0.2) is 0 Å². The largest absolute Gasteiger partial charge is 0.493 e. The topological polar surface area (TPSA) is 9.23 Å². The van der Waals surface area contributed by atoms with Gasteiger partial charge in [-0.15, -0.1) is 0 Å². The van der Waals surface area contributed by atoms with Gasteiger partial charge in [0.05, 0.1) is 6.61 Å². The van der Waals surface area contributed by atoms with Gasteiger partial charge in [-0.2, -0.15) is 0 Å². The van der Waals surface area contributed by atoms with Crippen molar-refractivity contribution in [2.24, 2.45) is 0 Å². The summed E-state index contributed by atoms with van der Waals surface area (Å²) in [6.07, 6.45) is 18.1. The molecule has 1 heteroatoms. The molecule has 1 aromatic rings. The number of benzene rings is 1. The van der Waals surface area contributed by atoms with Crippen LogP contribution in [-0.2, 0) is 6.42 Å². The number of unbranched alkanes of at least 4 members (excludes halogenated alkanes) is 2. The highest BCUT2D eigenvalue weighted by Crippen LogP contribution is 2.31. The number of hydrogen-bond donors (Lipinski definition) is 0. The van der Waals surface area contributed by atoms with Crippen molar-refractivity contribution in [3.8, 4) is 5.75 Å². The lowest BCUT2D eigenvalue weighted by Gasteiger charge is -2.12. The normalized spacial score (nSPS) is 11.4. The molecule has 33 heavy (non-hydrogen) atoms. The molecule has 0 unspecified atom stereocenters. The van der Waals surface area contributed by atoms with Gasteiger partial charge >= 0.3 is 0 Å². The van der Waals surface area contributed by atoms with Crippen LogP contribution in [0.25, 0.3) is 5.57 Å². The second-order valence-electron chi connectivity index (χ2n) is 7.94. The van der Waals surface area contributed by atoms with E-state index in [-0.39, 0.29) is 1.43 Å². The van der Waals surface area contributed by atoms with E-state index >= 15 is 0 Å². The van der Waals surface area contributed by atoms with E-state index in [2.05, 4.69) is 97.9 Å². The van der Waals surface area contributed by atoms with Gasteiger partial charge in [0.1, 0.15) is 5.75 Å². The van der Waals surface area contributed by atoms with Gasteiger partial charge in [0.25, 0.3) is 0 Å². The molecular formula is C32H60O. The van der Waals surface area contributed by atoms with Crippen LogP contribution in [0.1, 0.15) is 134 Å². The third-order valence-corrected chi connectivity index (χ3v) is 4.58. The quantitative estimate of drug-likeness (QED) is 0.277. The van der Waals surface area contributed by atoms with Crippen molar-refractivity contribution in [2.75, 3.05) is 6.61 Å². The third kappa shape index (κ3) is 20.6. The Morgan fingerprint density at radius 2 is 1.52 bits per heavy atom. The van der Waals surface area contributed by atoms with Crippen LogP contribution in [0.4, 0.5) is 0 Å².